The Balaban J connectivity index is 1.90. The molecule has 4 nitrogen and oxygen atoms in total. The number of nitrogens with zero attached hydrogens (tertiary/aromatic N) is 1. The summed E-state index contributed by atoms with van der Waals surface area (Å²) in [5.74, 6) is -0.146. The molecule has 132 valence electrons. The topological polar surface area (TPSA) is 49.4 Å². The number of allylic oxidation sites excluding steroid dienone is 1. The molecule has 1 atom stereocenters. The monoisotopic (exact) mass is 366 g/mol. The summed E-state index contributed by atoms with van der Waals surface area (Å²) < 4.78 is 0. The van der Waals surface area contributed by atoms with Gasteiger partial charge < -0.3 is 10.2 Å². The van der Waals surface area contributed by atoms with Crippen molar-refractivity contribution in [3.8, 4) is 0 Å². The highest BCUT2D eigenvalue weighted by Gasteiger charge is 2.30. The molecule has 0 bridgehead atoms. The lowest BCUT2D eigenvalue weighted by Crippen LogP contribution is -2.44. The highest BCUT2D eigenvalue weighted by atomic mass is 35.5. The number of rotatable bonds is 5. The van der Waals surface area contributed by atoms with Crippen molar-refractivity contribution in [1.29, 1.82) is 0 Å². The van der Waals surface area contributed by atoms with Gasteiger partial charge >= 0.3 is 6.03 Å². The fourth-order valence-electron chi connectivity index (χ4n) is 2.78. The van der Waals surface area contributed by atoms with E-state index < -0.39 is 6.04 Å². The zero-order valence-electron chi connectivity index (χ0n) is 14.4. The van der Waals surface area contributed by atoms with E-state index in [4.69, 9.17) is 11.6 Å². The number of halogens is 1. The molecule has 1 aliphatic heterocycles. The lowest BCUT2D eigenvalue weighted by Gasteiger charge is -2.31. The van der Waals surface area contributed by atoms with Crippen LogP contribution in [0.4, 0.5) is 4.79 Å². The minimum Gasteiger partial charge on any atom is -0.327 e. The number of nitrogens with one attached hydrogen (secondary N) is 1. The lowest BCUT2D eigenvalue weighted by molar-refractivity contribution is -0.111. The van der Waals surface area contributed by atoms with Crippen molar-refractivity contribution in [3.63, 3.8) is 0 Å². The minimum atomic E-state index is -0.464. The van der Waals surface area contributed by atoms with Crippen molar-refractivity contribution < 1.29 is 9.59 Å². The van der Waals surface area contributed by atoms with Gasteiger partial charge in [-0.05, 0) is 36.3 Å². The van der Waals surface area contributed by atoms with Gasteiger partial charge in [0.2, 0.25) is 0 Å². The number of urea groups is 1. The van der Waals surface area contributed by atoms with Crippen LogP contribution >= 0.6 is 11.6 Å². The quantitative estimate of drug-likeness (QED) is 0.786. The van der Waals surface area contributed by atoms with E-state index in [2.05, 4.69) is 5.32 Å². The Morgan fingerprint density at radius 1 is 1.15 bits per heavy atom. The summed E-state index contributed by atoms with van der Waals surface area (Å²) in [6.07, 6.45) is 4.91. The average molecular weight is 367 g/mol. The molecule has 0 aromatic heterocycles. The summed E-state index contributed by atoms with van der Waals surface area (Å²) in [5, 5.41) is 3.56. The summed E-state index contributed by atoms with van der Waals surface area (Å²) >= 11 is 5.88. The molecular formula is C21H19ClN2O2. The molecule has 0 fully saturated rings. The average Bonchev–Trinajstić information content (AvgIpc) is 2.67. The van der Waals surface area contributed by atoms with Gasteiger partial charge in [0.25, 0.3) is 0 Å². The van der Waals surface area contributed by atoms with Crippen LogP contribution in [0.3, 0.4) is 0 Å². The van der Waals surface area contributed by atoms with Crippen molar-refractivity contribution in [3.05, 3.63) is 88.6 Å². The van der Waals surface area contributed by atoms with Gasteiger partial charge in [-0.25, -0.2) is 4.79 Å². The molecule has 0 spiro atoms. The van der Waals surface area contributed by atoms with Crippen LogP contribution in [-0.4, -0.2) is 23.3 Å². The van der Waals surface area contributed by atoms with E-state index in [0.29, 0.717) is 17.1 Å². The summed E-state index contributed by atoms with van der Waals surface area (Å²) in [6.45, 7) is 2.36. The Hall–Kier alpha value is -2.85. The first-order chi connectivity index (χ1) is 12.6. The van der Waals surface area contributed by atoms with Crippen molar-refractivity contribution in [2.75, 3.05) is 6.54 Å². The number of amides is 2. The van der Waals surface area contributed by atoms with Crippen LogP contribution < -0.4 is 5.32 Å². The molecule has 0 saturated heterocycles. The van der Waals surface area contributed by atoms with E-state index in [0.717, 1.165) is 11.1 Å². The second kappa shape index (κ2) is 8.02. The van der Waals surface area contributed by atoms with Crippen molar-refractivity contribution in [2.24, 2.45) is 0 Å². The largest absolute Gasteiger partial charge is 0.327 e. The molecule has 0 unspecified atom stereocenters. The maximum atomic E-state index is 12.8. The van der Waals surface area contributed by atoms with Gasteiger partial charge in [-0.15, -0.1) is 0 Å². The molecule has 2 aromatic carbocycles. The molecule has 26 heavy (non-hydrogen) atoms. The fraction of sp³-hybridized carbons (Fsp3) is 0.143. The van der Waals surface area contributed by atoms with Crippen LogP contribution in [0.25, 0.3) is 6.08 Å². The second-order valence-corrected chi connectivity index (χ2v) is 6.35. The Morgan fingerprint density at radius 3 is 2.50 bits per heavy atom. The Bertz CT molecular complexity index is 857. The fourth-order valence-corrected chi connectivity index (χ4v) is 2.90. The lowest BCUT2D eigenvalue weighted by atomic mass is 9.94. The smallest absolute Gasteiger partial charge is 0.322 e. The summed E-state index contributed by atoms with van der Waals surface area (Å²) in [4.78, 5) is 26.6. The highest BCUT2D eigenvalue weighted by Crippen LogP contribution is 2.27. The van der Waals surface area contributed by atoms with Gasteiger partial charge in [-0.3, -0.25) is 4.79 Å². The van der Waals surface area contributed by atoms with Crippen molar-refractivity contribution in [1.82, 2.24) is 10.2 Å². The first-order valence-electron chi connectivity index (χ1n) is 8.40. The molecule has 5 heteroatoms. The summed E-state index contributed by atoms with van der Waals surface area (Å²) in [5.41, 5.74) is 2.28. The second-order valence-electron chi connectivity index (χ2n) is 5.91. The normalized spacial score (nSPS) is 17.2. The van der Waals surface area contributed by atoms with Crippen molar-refractivity contribution >= 4 is 29.5 Å². The van der Waals surface area contributed by atoms with E-state index >= 15 is 0 Å². The van der Waals surface area contributed by atoms with Crippen LogP contribution in [0.5, 0.6) is 0 Å². The van der Waals surface area contributed by atoms with Crippen LogP contribution in [-0.2, 0) is 4.79 Å². The van der Waals surface area contributed by atoms with E-state index in [1.165, 1.54) is 11.0 Å². The Kier molecular flexibility index (Phi) is 5.54. The first-order valence-corrected chi connectivity index (χ1v) is 8.78. The van der Waals surface area contributed by atoms with E-state index in [-0.39, 0.29) is 11.8 Å². The van der Waals surface area contributed by atoms with Gasteiger partial charge in [0.1, 0.15) is 0 Å². The van der Waals surface area contributed by atoms with E-state index in [1.54, 1.807) is 24.4 Å². The molecule has 2 aromatic rings. The van der Waals surface area contributed by atoms with Gasteiger partial charge in [0.05, 0.1) is 6.04 Å². The third kappa shape index (κ3) is 4.03. The van der Waals surface area contributed by atoms with Crippen LogP contribution in [0.2, 0.25) is 5.02 Å². The van der Waals surface area contributed by atoms with Gasteiger partial charge in [0.15, 0.2) is 5.78 Å². The van der Waals surface area contributed by atoms with E-state index in [1.807, 2.05) is 49.4 Å². The predicted octanol–water partition coefficient (Wildman–Crippen LogP) is 4.59. The van der Waals surface area contributed by atoms with Crippen LogP contribution in [0.1, 0.15) is 24.1 Å². The predicted molar refractivity (Wildman–Crippen MR) is 104 cm³/mol. The number of ketones is 1. The van der Waals surface area contributed by atoms with Gasteiger partial charge in [-0.2, -0.15) is 0 Å². The third-order valence-corrected chi connectivity index (χ3v) is 4.44. The molecule has 0 aliphatic carbocycles. The number of hydrogen-bond acceptors (Lipinski definition) is 2. The molecule has 1 heterocycles. The number of benzene rings is 2. The SMILES string of the molecule is CCN1C=C(C(=O)/C=C/c2ccc(Cl)cc2)[C@H](c2ccccc2)NC1=O. The zero-order chi connectivity index (χ0) is 18.5. The Morgan fingerprint density at radius 2 is 1.85 bits per heavy atom. The molecule has 0 saturated carbocycles. The third-order valence-electron chi connectivity index (χ3n) is 4.19. The summed E-state index contributed by atoms with van der Waals surface area (Å²) in [6, 6.07) is 16.0. The molecule has 2 amide bonds. The van der Waals surface area contributed by atoms with Gasteiger partial charge in [-0.1, -0.05) is 60.1 Å². The van der Waals surface area contributed by atoms with Gasteiger partial charge in [0, 0.05) is 23.3 Å². The van der Waals surface area contributed by atoms with E-state index in [9.17, 15) is 9.59 Å². The highest BCUT2D eigenvalue weighted by molar-refractivity contribution is 6.30. The standard InChI is InChI=1S/C21H19ClN2O2/c1-2-24-14-18(19(25)13-10-15-8-11-17(22)12-9-15)20(23-21(24)26)16-6-4-3-5-7-16/h3-14,20H,2H2,1H3,(H,23,26)/b13-10+/t20-/m0/s1. The summed E-state index contributed by atoms with van der Waals surface area (Å²) in [7, 11) is 0. The van der Waals surface area contributed by atoms with Crippen molar-refractivity contribution in [2.45, 2.75) is 13.0 Å². The molecule has 0 radical (unpaired) electrons. The number of hydrogen-bond donors (Lipinski definition) is 1. The van der Waals surface area contributed by atoms with Crippen LogP contribution in [0.15, 0.2) is 72.4 Å². The number of carbonyl (C=O) groups excluding carboxylic acids is 2. The maximum absolute atomic E-state index is 12.8. The minimum absolute atomic E-state index is 0.146. The Labute approximate surface area is 157 Å². The number of carbonyl (C=O) groups is 2. The molecule has 1 aliphatic rings. The molecule has 3 rings (SSSR count). The molecule has 1 N–H and O–H groups in total. The maximum Gasteiger partial charge on any atom is 0.322 e. The first kappa shape index (κ1) is 18.0. The molecular weight excluding hydrogens is 348 g/mol. The van der Waals surface area contributed by atoms with Crippen LogP contribution in [0, 0.1) is 0 Å². The zero-order valence-corrected chi connectivity index (χ0v) is 15.1.